The van der Waals surface area contributed by atoms with Crippen LogP contribution < -0.4 is 0 Å². The Kier molecular flexibility index (Phi) is 3.08. The zero-order chi connectivity index (χ0) is 13.4. The molecule has 1 aliphatic rings. The number of carbonyl (C=O) groups excluding carboxylic acids is 2. The second-order valence-corrected chi connectivity index (χ2v) is 5.90. The first-order chi connectivity index (χ1) is 9.15. The molecule has 0 radical (unpaired) electrons. The molecule has 4 nitrogen and oxygen atoms in total. The van der Waals surface area contributed by atoms with E-state index in [9.17, 15) is 9.59 Å². The standard InChI is InChI=1S/C13H9ClN2O2S/c14-13-15-6-9(19-13)7-16-11(17)5-8-3-1-2-4-10(8)12(16)18/h1-4,6H,5,7H2. The van der Waals surface area contributed by atoms with Gasteiger partial charge >= 0.3 is 0 Å². The van der Waals surface area contributed by atoms with Crippen LogP contribution in [0.1, 0.15) is 20.8 Å². The fourth-order valence-electron chi connectivity index (χ4n) is 2.07. The van der Waals surface area contributed by atoms with Crippen molar-refractivity contribution in [1.82, 2.24) is 9.88 Å². The number of amides is 2. The summed E-state index contributed by atoms with van der Waals surface area (Å²) >= 11 is 7.03. The number of aromatic nitrogens is 1. The van der Waals surface area contributed by atoms with Crippen LogP contribution in [0.5, 0.6) is 0 Å². The van der Waals surface area contributed by atoms with E-state index < -0.39 is 0 Å². The third-order valence-electron chi connectivity index (χ3n) is 2.97. The number of imide groups is 1. The second-order valence-electron chi connectivity index (χ2n) is 4.20. The minimum Gasteiger partial charge on any atom is -0.274 e. The highest BCUT2D eigenvalue weighted by molar-refractivity contribution is 7.15. The molecule has 1 aliphatic heterocycles. The Morgan fingerprint density at radius 2 is 2.11 bits per heavy atom. The van der Waals surface area contributed by atoms with Gasteiger partial charge < -0.3 is 0 Å². The number of halogens is 1. The third-order valence-corrected chi connectivity index (χ3v) is 4.07. The lowest BCUT2D eigenvalue weighted by molar-refractivity contribution is -0.128. The van der Waals surface area contributed by atoms with Gasteiger partial charge in [0, 0.05) is 16.6 Å². The van der Waals surface area contributed by atoms with Gasteiger partial charge in [0.05, 0.1) is 13.0 Å². The highest BCUT2D eigenvalue weighted by atomic mass is 35.5. The van der Waals surface area contributed by atoms with Gasteiger partial charge in [0.25, 0.3) is 5.91 Å². The molecule has 0 spiro atoms. The molecule has 6 heteroatoms. The van der Waals surface area contributed by atoms with Gasteiger partial charge in [0.15, 0.2) is 4.47 Å². The van der Waals surface area contributed by atoms with Crippen molar-refractivity contribution in [3.05, 3.63) is 50.9 Å². The van der Waals surface area contributed by atoms with E-state index in [4.69, 9.17) is 11.6 Å². The maximum atomic E-state index is 12.3. The van der Waals surface area contributed by atoms with Crippen molar-refractivity contribution < 1.29 is 9.59 Å². The van der Waals surface area contributed by atoms with Crippen molar-refractivity contribution in [2.75, 3.05) is 0 Å². The number of carbonyl (C=O) groups is 2. The summed E-state index contributed by atoms with van der Waals surface area (Å²) in [4.78, 5) is 30.3. The quantitative estimate of drug-likeness (QED) is 0.799. The fourth-order valence-corrected chi connectivity index (χ4v) is 3.04. The van der Waals surface area contributed by atoms with Crippen molar-refractivity contribution in [1.29, 1.82) is 0 Å². The summed E-state index contributed by atoms with van der Waals surface area (Å²) in [5.41, 5.74) is 1.38. The molecule has 3 rings (SSSR count). The summed E-state index contributed by atoms with van der Waals surface area (Å²) < 4.78 is 0.410. The van der Waals surface area contributed by atoms with Crippen molar-refractivity contribution >= 4 is 34.8 Å². The van der Waals surface area contributed by atoms with Gasteiger partial charge in [-0.05, 0) is 11.6 Å². The average molecular weight is 293 g/mol. The number of benzene rings is 1. The minimum atomic E-state index is -0.253. The average Bonchev–Trinajstić information content (AvgIpc) is 2.80. The van der Waals surface area contributed by atoms with Crippen LogP contribution in [-0.4, -0.2) is 21.7 Å². The Morgan fingerprint density at radius 3 is 2.84 bits per heavy atom. The molecule has 0 bridgehead atoms. The molecule has 2 aromatic rings. The van der Waals surface area contributed by atoms with E-state index in [1.807, 2.05) is 12.1 Å². The number of fused-ring (bicyclic) bond motifs is 1. The van der Waals surface area contributed by atoms with Gasteiger partial charge in [-0.1, -0.05) is 29.8 Å². The molecule has 0 saturated carbocycles. The molecule has 0 atom stereocenters. The summed E-state index contributed by atoms with van der Waals surface area (Å²) in [5.74, 6) is -0.440. The minimum absolute atomic E-state index is 0.187. The SMILES string of the molecule is O=C1Cc2ccccc2C(=O)N1Cc1cnc(Cl)s1. The Labute approximate surface area is 118 Å². The van der Waals surface area contributed by atoms with Crippen LogP contribution >= 0.6 is 22.9 Å². The Hall–Kier alpha value is -1.72. The number of thiazole rings is 1. The summed E-state index contributed by atoms with van der Waals surface area (Å²) in [7, 11) is 0. The lowest BCUT2D eigenvalue weighted by Crippen LogP contribution is -2.41. The van der Waals surface area contributed by atoms with Crippen LogP contribution in [0.15, 0.2) is 30.5 Å². The van der Waals surface area contributed by atoms with Gasteiger partial charge in [0.2, 0.25) is 5.91 Å². The molecule has 0 N–H and O–H groups in total. The first kappa shape index (κ1) is 12.3. The largest absolute Gasteiger partial charge is 0.274 e. The van der Waals surface area contributed by atoms with Crippen LogP contribution in [0.2, 0.25) is 4.47 Å². The molecular formula is C13H9ClN2O2S. The van der Waals surface area contributed by atoms with E-state index in [0.29, 0.717) is 10.0 Å². The fraction of sp³-hybridized carbons (Fsp3) is 0.154. The van der Waals surface area contributed by atoms with E-state index in [-0.39, 0.29) is 24.8 Å². The van der Waals surface area contributed by atoms with Gasteiger partial charge in [-0.3, -0.25) is 14.5 Å². The first-order valence-electron chi connectivity index (χ1n) is 5.68. The highest BCUT2D eigenvalue weighted by Crippen LogP contribution is 2.24. The second kappa shape index (κ2) is 4.75. The number of hydrogen-bond donors (Lipinski definition) is 0. The Bertz CT molecular complexity index is 668. The van der Waals surface area contributed by atoms with E-state index in [0.717, 1.165) is 10.4 Å². The summed E-state index contributed by atoms with van der Waals surface area (Å²) in [6.45, 7) is 0.233. The van der Waals surface area contributed by atoms with Crippen LogP contribution in [0.4, 0.5) is 0 Å². The maximum Gasteiger partial charge on any atom is 0.261 e. The highest BCUT2D eigenvalue weighted by Gasteiger charge is 2.30. The van der Waals surface area contributed by atoms with Gasteiger partial charge in [-0.2, -0.15) is 0 Å². The number of hydrogen-bond acceptors (Lipinski definition) is 4. The summed E-state index contributed by atoms with van der Waals surface area (Å²) in [5, 5.41) is 0. The lowest BCUT2D eigenvalue weighted by Gasteiger charge is -2.26. The normalized spacial score (nSPS) is 14.7. The van der Waals surface area contributed by atoms with E-state index in [2.05, 4.69) is 4.98 Å². The maximum absolute atomic E-state index is 12.3. The molecule has 2 amide bonds. The molecule has 96 valence electrons. The molecular weight excluding hydrogens is 284 g/mol. The molecule has 1 aromatic carbocycles. The molecule has 2 heterocycles. The zero-order valence-electron chi connectivity index (χ0n) is 9.80. The van der Waals surface area contributed by atoms with Crippen LogP contribution in [0, 0.1) is 0 Å². The predicted molar refractivity (Wildman–Crippen MR) is 72.2 cm³/mol. The number of nitrogens with zero attached hydrogens (tertiary/aromatic N) is 2. The summed E-state index contributed by atoms with van der Waals surface area (Å²) in [6.07, 6.45) is 1.85. The number of rotatable bonds is 2. The van der Waals surface area contributed by atoms with Crippen molar-refractivity contribution in [3.8, 4) is 0 Å². The first-order valence-corrected chi connectivity index (χ1v) is 6.87. The topological polar surface area (TPSA) is 50.3 Å². The molecule has 19 heavy (non-hydrogen) atoms. The van der Waals surface area contributed by atoms with Crippen molar-refractivity contribution in [2.24, 2.45) is 0 Å². The molecule has 0 aliphatic carbocycles. The van der Waals surface area contributed by atoms with Crippen LogP contribution in [-0.2, 0) is 17.8 Å². The van der Waals surface area contributed by atoms with Gasteiger partial charge in [0.1, 0.15) is 0 Å². The Morgan fingerprint density at radius 1 is 1.32 bits per heavy atom. The predicted octanol–water partition coefficient (Wildman–Crippen LogP) is 2.52. The van der Waals surface area contributed by atoms with Gasteiger partial charge in [-0.25, -0.2) is 4.98 Å². The van der Waals surface area contributed by atoms with Crippen molar-refractivity contribution in [3.63, 3.8) is 0 Å². The summed E-state index contributed by atoms with van der Waals surface area (Å²) in [6, 6.07) is 7.19. The van der Waals surface area contributed by atoms with Crippen LogP contribution in [0.3, 0.4) is 0 Å². The lowest BCUT2D eigenvalue weighted by atomic mass is 9.98. The third kappa shape index (κ3) is 2.27. The van der Waals surface area contributed by atoms with Gasteiger partial charge in [-0.15, -0.1) is 11.3 Å². The molecule has 1 aromatic heterocycles. The van der Waals surface area contributed by atoms with E-state index >= 15 is 0 Å². The van der Waals surface area contributed by atoms with Crippen LogP contribution in [0.25, 0.3) is 0 Å². The molecule has 0 unspecified atom stereocenters. The smallest absolute Gasteiger partial charge is 0.261 e. The van der Waals surface area contributed by atoms with E-state index in [1.54, 1.807) is 18.3 Å². The monoisotopic (exact) mass is 292 g/mol. The van der Waals surface area contributed by atoms with Crippen molar-refractivity contribution in [2.45, 2.75) is 13.0 Å². The Balaban J connectivity index is 1.91. The van der Waals surface area contributed by atoms with E-state index in [1.165, 1.54) is 16.2 Å². The zero-order valence-corrected chi connectivity index (χ0v) is 11.4. The molecule has 0 saturated heterocycles. The molecule has 0 fully saturated rings.